The van der Waals surface area contributed by atoms with Gasteiger partial charge in [-0.15, -0.1) is 17.5 Å². The molecule has 7 heteroatoms. The van der Waals surface area contributed by atoms with Crippen LogP contribution in [0.3, 0.4) is 0 Å². The average Bonchev–Trinajstić information content (AvgIpc) is 3.26. The Kier molecular flexibility index (Phi) is 6.73. The van der Waals surface area contributed by atoms with E-state index in [0.717, 1.165) is 51.0 Å². The Bertz CT molecular complexity index is 787. The van der Waals surface area contributed by atoms with Crippen molar-refractivity contribution in [2.24, 2.45) is 5.92 Å². The SMILES string of the molecule is Cc1c(C(=O)N2CCC(Cc3ccccc3)C2C)nnn1C1CCNCC1.Cl. The molecule has 2 atom stereocenters. The van der Waals surface area contributed by atoms with Gasteiger partial charge in [-0.1, -0.05) is 35.5 Å². The third kappa shape index (κ3) is 4.08. The molecule has 6 nitrogen and oxygen atoms in total. The molecule has 152 valence electrons. The summed E-state index contributed by atoms with van der Waals surface area (Å²) in [6, 6.07) is 11.1. The third-order valence-electron chi connectivity index (χ3n) is 6.30. The van der Waals surface area contributed by atoms with Crippen LogP contribution in [0.4, 0.5) is 0 Å². The molecule has 0 spiro atoms. The van der Waals surface area contributed by atoms with E-state index in [9.17, 15) is 4.79 Å². The first-order chi connectivity index (χ1) is 13.1. The van der Waals surface area contributed by atoms with Gasteiger partial charge in [-0.2, -0.15) is 0 Å². The van der Waals surface area contributed by atoms with E-state index in [1.54, 1.807) is 0 Å². The summed E-state index contributed by atoms with van der Waals surface area (Å²) in [7, 11) is 0. The molecule has 2 fully saturated rings. The highest BCUT2D eigenvalue weighted by Gasteiger charge is 2.36. The van der Waals surface area contributed by atoms with E-state index in [2.05, 4.69) is 46.8 Å². The molecule has 2 saturated heterocycles. The van der Waals surface area contributed by atoms with Crippen LogP contribution in [-0.4, -0.2) is 51.5 Å². The molecule has 2 aliphatic rings. The second-order valence-electron chi connectivity index (χ2n) is 7.93. The lowest BCUT2D eigenvalue weighted by Gasteiger charge is -2.25. The minimum atomic E-state index is 0. The number of carbonyl (C=O) groups is 1. The fourth-order valence-corrected chi connectivity index (χ4v) is 4.55. The van der Waals surface area contributed by atoms with Crippen LogP contribution in [0.2, 0.25) is 0 Å². The van der Waals surface area contributed by atoms with E-state index in [1.165, 1.54) is 5.56 Å². The van der Waals surface area contributed by atoms with Crippen molar-refractivity contribution in [1.82, 2.24) is 25.2 Å². The van der Waals surface area contributed by atoms with Crippen LogP contribution < -0.4 is 5.32 Å². The fourth-order valence-electron chi connectivity index (χ4n) is 4.55. The van der Waals surface area contributed by atoms with Crippen molar-refractivity contribution in [3.8, 4) is 0 Å². The summed E-state index contributed by atoms with van der Waals surface area (Å²) >= 11 is 0. The Labute approximate surface area is 173 Å². The average molecular weight is 404 g/mol. The van der Waals surface area contributed by atoms with Crippen molar-refractivity contribution < 1.29 is 4.79 Å². The number of carbonyl (C=O) groups excluding carboxylic acids is 1. The highest BCUT2D eigenvalue weighted by molar-refractivity contribution is 5.93. The number of nitrogens with zero attached hydrogens (tertiary/aromatic N) is 4. The van der Waals surface area contributed by atoms with E-state index in [1.807, 2.05) is 22.6 Å². The van der Waals surface area contributed by atoms with Crippen LogP contribution >= 0.6 is 12.4 Å². The number of rotatable bonds is 4. The molecular formula is C21H30ClN5O. The van der Waals surface area contributed by atoms with Gasteiger partial charge in [-0.05, 0) is 64.1 Å². The number of benzene rings is 1. The Morgan fingerprint density at radius 1 is 1.18 bits per heavy atom. The molecule has 0 bridgehead atoms. The van der Waals surface area contributed by atoms with Crippen molar-refractivity contribution in [3.63, 3.8) is 0 Å². The second-order valence-corrected chi connectivity index (χ2v) is 7.93. The first-order valence-electron chi connectivity index (χ1n) is 10.1. The smallest absolute Gasteiger partial charge is 0.276 e. The van der Waals surface area contributed by atoms with Gasteiger partial charge in [-0.3, -0.25) is 4.79 Å². The van der Waals surface area contributed by atoms with Gasteiger partial charge in [0.05, 0.1) is 11.7 Å². The Morgan fingerprint density at radius 2 is 1.89 bits per heavy atom. The minimum Gasteiger partial charge on any atom is -0.334 e. The van der Waals surface area contributed by atoms with Gasteiger partial charge in [0.1, 0.15) is 0 Å². The van der Waals surface area contributed by atoms with E-state index in [-0.39, 0.29) is 24.4 Å². The molecule has 0 aliphatic carbocycles. The lowest BCUT2D eigenvalue weighted by Crippen LogP contribution is -2.37. The quantitative estimate of drug-likeness (QED) is 0.852. The fraction of sp³-hybridized carbons (Fsp3) is 0.571. The third-order valence-corrected chi connectivity index (χ3v) is 6.30. The van der Waals surface area contributed by atoms with Gasteiger partial charge in [0.25, 0.3) is 5.91 Å². The molecule has 28 heavy (non-hydrogen) atoms. The summed E-state index contributed by atoms with van der Waals surface area (Å²) in [5, 5.41) is 12.0. The predicted molar refractivity (Wildman–Crippen MR) is 112 cm³/mol. The largest absolute Gasteiger partial charge is 0.334 e. The second kappa shape index (κ2) is 9.05. The van der Waals surface area contributed by atoms with E-state index >= 15 is 0 Å². The highest BCUT2D eigenvalue weighted by atomic mass is 35.5. The van der Waals surface area contributed by atoms with Crippen molar-refractivity contribution in [1.29, 1.82) is 0 Å². The Morgan fingerprint density at radius 3 is 2.61 bits per heavy atom. The van der Waals surface area contributed by atoms with Gasteiger partial charge < -0.3 is 10.2 Å². The summed E-state index contributed by atoms with van der Waals surface area (Å²) in [6.07, 6.45) is 4.14. The number of likely N-dealkylation sites (tertiary alicyclic amines) is 1. The summed E-state index contributed by atoms with van der Waals surface area (Å²) < 4.78 is 1.97. The molecule has 2 unspecified atom stereocenters. The first-order valence-corrected chi connectivity index (χ1v) is 10.1. The standard InChI is InChI=1S/C21H29N5O.ClH/c1-15-18(14-17-6-4-3-5-7-17)10-13-25(15)21(27)20-16(2)26(24-23-20)19-8-11-22-12-9-19;/h3-7,15,18-19,22H,8-14H2,1-2H3;1H. The van der Waals surface area contributed by atoms with Crippen LogP contribution in [0.5, 0.6) is 0 Å². The van der Waals surface area contributed by atoms with Crippen LogP contribution in [0.1, 0.15) is 54.0 Å². The molecule has 1 amide bonds. The maximum atomic E-state index is 13.2. The van der Waals surface area contributed by atoms with Gasteiger partial charge in [0.15, 0.2) is 5.69 Å². The zero-order chi connectivity index (χ0) is 18.8. The summed E-state index contributed by atoms with van der Waals surface area (Å²) in [4.78, 5) is 15.2. The summed E-state index contributed by atoms with van der Waals surface area (Å²) in [5.41, 5.74) is 2.78. The number of amides is 1. The van der Waals surface area contributed by atoms with E-state index in [4.69, 9.17) is 0 Å². The molecule has 1 N–H and O–H groups in total. The summed E-state index contributed by atoms with van der Waals surface area (Å²) in [6.45, 7) is 6.95. The molecule has 1 aromatic heterocycles. The molecule has 2 aliphatic heterocycles. The van der Waals surface area contributed by atoms with Crippen LogP contribution in [-0.2, 0) is 6.42 Å². The molecule has 2 aromatic rings. The van der Waals surface area contributed by atoms with Crippen LogP contribution in [0.15, 0.2) is 30.3 Å². The zero-order valence-electron chi connectivity index (χ0n) is 16.7. The number of piperidine rings is 1. The van der Waals surface area contributed by atoms with E-state index < -0.39 is 0 Å². The van der Waals surface area contributed by atoms with Crippen molar-refractivity contribution in [3.05, 3.63) is 47.3 Å². The maximum absolute atomic E-state index is 13.2. The first kappa shape index (κ1) is 20.8. The number of nitrogens with one attached hydrogen (secondary N) is 1. The van der Waals surface area contributed by atoms with Gasteiger partial charge in [0.2, 0.25) is 0 Å². The number of hydrogen-bond donors (Lipinski definition) is 1. The van der Waals surface area contributed by atoms with Gasteiger partial charge >= 0.3 is 0 Å². The minimum absolute atomic E-state index is 0. The summed E-state index contributed by atoms with van der Waals surface area (Å²) in [5.74, 6) is 0.534. The lowest BCUT2D eigenvalue weighted by molar-refractivity contribution is 0.0725. The Hall–Kier alpha value is -1.92. The molecule has 0 radical (unpaired) electrons. The predicted octanol–water partition coefficient (Wildman–Crippen LogP) is 3.03. The number of halogens is 1. The van der Waals surface area contributed by atoms with Gasteiger partial charge in [-0.25, -0.2) is 4.68 Å². The monoisotopic (exact) mass is 403 g/mol. The Balaban J connectivity index is 0.00000225. The number of hydrogen-bond acceptors (Lipinski definition) is 4. The normalized spacial score (nSPS) is 22.9. The lowest BCUT2D eigenvalue weighted by atomic mass is 9.93. The zero-order valence-corrected chi connectivity index (χ0v) is 17.5. The molecule has 0 saturated carbocycles. The van der Waals surface area contributed by atoms with Crippen LogP contribution in [0, 0.1) is 12.8 Å². The van der Waals surface area contributed by atoms with Crippen molar-refractivity contribution in [2.75, 3.05) is 19.6 Å². The molecule has 3 heterocycles. The van der Waals surface area contributed by atoms with Gasteiger partial charge in [0, 0.05) is 12.6 Å². The van der Waals surface area contributed by atoms with E-state index in [0.29, 0.717) is 17.7 Å². The maximum Gasteiger partial charge on any atom is 0.276 e. The van der Waals surface area contributed by atoms with Crippen LogP contribution in [0.25, 0.3) is 0 Å². The molecular weight excluding hydrogens is 374 g/mol. The molecule has 1 aromatic carbocycles. The van der Waals surface area contributed by atoms with Crippen molar-refractivity contribution >= 4 is 18.3 Å². The molecule has 4 rings (SSSR count). The van der Waals surface area contributed by atoms with Crippen molar-refractivity contribution in [2.45, 2.75) is 51.6 Å². The number of aromatic nitrogens is 3. The highest BCUT2D eigenvalue weighted by Crippen LogP contribution is 2.29. The topological polar surface area (TPSA) is 63.1 Å².